The molecule has 2 bridgehead atoms. The van der Waals surface area contributed by atoms with Crippen molar-refractivity contribution in [3.63, 3.8) is 0 Å². The van der Waals surface area contributed by atoms with Crippen LogP contribution in [0.1, 0.15) is 39.5 Å². The van der Waals surface area contributed by atoms with Gasteiger partial charge in [0.15, 0.2) is 0 Å². The lowest BCUT2D eigenvalue weighted by atomic mass is 9.92. The molecule has 0 aromatic carbocycles. The largest absolute Gasteiger partial charge is 0.0825 e. The Labute approximate surface area is 69.7 Å². The molecule has 2 atom stereocenters. The van der Waals surface area contributed by atoms with Gasteiger partial charge in [0.25, 0.3) is 0 Å². The van der Waals surface area contributed by atoms with Crippen LogP contribution in [0.25, 0.3) is 0 Å². The molecule has 2 aliphatic carbocycles. The molecule has 0 spiro atoms. The van der Waals surface area contributed by atoms with Crippen LogP contribution in [-0.4, -0.2) is 0 Å². The zero-order valence-corrected chi connectivity index (χ0v) is 7.64. The van der Waals surface area contributed by atoms with Crippen molar-refractivity contribution in [2.24, 2.45) is 17.8 Å². The minimum Gasteiger partial charge on any atom is -0.0825 e. The molecule has 2 rings (SSSR count). The molecule has 0 nitrogen and oxygen atoms in total. The van der Waals surface area contributed by atoms with Gasteiger partial charge in [0, 0.05) is 0 Å². The van der Waals surface area contributed by atoms with E-state index >= 15 is 0 Å². The number of fused-ring (bicyclic) bond motifs is 2. The minimum atomic E-state index is 0.768. The first-order valence-corrected chi connectivity index (χ1v) is 4.96. The third kappa shape index (κ3) is 1.36. The average Bonchev–Trinajstić information content (AvgIpc) is 2.45. The van der Waals surface area contributed by atoms with Gasteiger partial charge in [-0.2, -0.15) is 0 Å². The molecule has 0 heteroatoms. The predicted octanol–water partition coefficient (Wildman–Crippen LogP) is 3.39. The SMILES string of the molecule is CC(C)C=C1CC2CCC1C2. The maximum Gasteiger partial charge on any atom is -0.0200 e. The Kier molecular flexibility index (Phi) is 1.78. The second kappa shape index (κ2) is 2.66. The molecule has 0 aliphatic heterocycles. The maximum atomic E-state index is 2.50. The van der Waals surface area contributed by atoms with Crippen molar-refractivity contribution in [3.8, 4) is 0 Å². The van der Waals surface area contributed by atoms with Crippen LogP contribution in [0.15, 0.2) is 11.6 Å². The van der Waals surface area contributed by atoms with Crippen molar-refractivity contribution < 1.29 is 0 Å². The van der Waals surface area contributed by atoms with Crippen LogP contribution >= 0.6 is 0 Å². The highest BCUT2D eigenvalue weighted by molar-refractivity contribution is 5.17. The summed E-state index contributed by atoms with van der Waals surface area (Å²) in [6.07, 6.45) is 8.45. The summed E-state index contributed by atoms with van der Waals surface area (Å²) in [5.41, 5.74) is 1.79. The summed E-state index contributed by atoms with van der Waals surface area (Å²) < 4.78 is 0. The lowest BCUT2D eigenvalue weighted by molar-refractivity contribution is 0.556. The van der Waals surface area contributed by atoms with E-state index in [1.165, 1.54) is 25.7 Å². The van der Waals surface area contributed by atoms with Crippen molar-refractivity contribution in [3.05, 3.63) is 11.6 Å². The third-order valence-corrected chi connectivity index (χ3v) is 3.14. The standard InChI is InChI=1S/C11H18/c1-8(2)5-11-7-9-3-4-10(11)6-9/h5,8-10H,3-4,6-7H2,1-2H3. The summed E-state index contributed by atoms with van der Waals surface area (Å²) in [6, 6.07) is 0. The van der Waals surface area contributed by atoms with Gasteiger partial charge in [0.2, 0.25) is 0 Å². The van der Waals surface area contributed by atoms with Gasteiger partial charge in [0.1, 0.15) is 0 Å². The highest BCUT2D eigenvalue weighted by Gasteiger charge is 2.34. The third-order valence-electron chi connectivity index (χ3n) is 3.14. The molecular formula is C11H18. The molecule has 62 valence electrons. The highest BCUT2D eigenvalue weighted by atomic mass is 14.4. The highest BCUT2D eigenvalue weighted by Crippen LogP contribution is 2.48. The van der Waals surface area contributed by atoms with Gasteiger partial charge in [-0.25, -0.2) is 0 Å². The zero-order valence-electron chi connectivity index (χ0n) is 7.64. The van der Waals surface area contributed by atoms with Gasteiger partial charge in [-0.15, -0.1) is 0 Å². The van der Waals surface area contributed by atoms with Crippen molar-refractivity contribution in [2.45, 2.75) is 39.5 Å². The Morgan fingerprint density at radius 1 is 1.36 bits per heavy atom. The van der Waals surface area contributed by atoms with E-state index in [1.807, 2.05) is 0 Å². The normalized spacial score (nSPS) is 39.4. The lowest BCUT2D eigenvalue weighted by Gasteiger charge is -2.13. The minimum absolute atomic E-state index is 0.768. The predicted molar refractivity (Wildman–Crippen MR) is 48.4 cm³/mol. The smallest absolute Gasteiger partial charge is 0.0200 e. The monoisotopic (exact) mass is 150 g/mol. The molecule has 0 aromatic rings. The number of hydrogen-bond donors (Lipinski definition) is 0. The fraction of sp³-hybridized carbons (Fsp3) is 0.818. The average molecular weight is 150 g/mol. The van der Waals surface area contributed by atoms with E-state index in [1.54, 1.807) is 5.57 Å². The van der Waals surface area contributed by atoms with Gasteiger partial charge >= 0.3 is 0 Å². The van der Waals surface area contributed by atoms with E-state index in [0.29, 0.717) is 0 Å². The number of rotatable bonds is 1. The van der Waals surface area contributed by atoms with E-state index in [2.05, 4.69) is 19.9 Å². The number of hydrogen-bond acceptors (Lipinski definition) is 0. The van der Waals surface area contributed by atoms with Crippen molar-refractivity contribution >= 4 is 0 Å². The first-order chi connectivity index (χ1) is 5.25. The molecule has 0 N–H and O–H groups in total. The van der Waals surface area contributed by atoms with E-state index in [0.717, 1.165) is 17.8 Å². The van der Waals surface area contributed by atoms with Crippen LogP contribution in [0.4, 0.5) is 0 Å². The molecule has 0 amide bonds. The molecule has 2 saturated carbocycles. The fourth-order valence-corrected chi connectivity index (χ4v) is 2.73. The topological polar surface area (TPSA) is 0 Å². The summed E-state index contributed by atoms with van der Waals surface area (Å²) in [6.45, 7) is 4.58. The zero-order chi connectivity index (χ0) is 7.84. The summed E-state index contributed by atoms with van der Waals surface area (Å²) in [4.78, 5) is 0. The van der Waals surface area contributed by atoms with Crippen LogP contribution in [0.3, 0.4) is 0 Å². The van der Waals surface area contributed by atoms with Crippen LogP contribution < -0.4 is 0 Å². The summed E-state index contributed by atoms with van der Waals surface area (Å²) >= 11 is 0. The molecule has 11 heavy (non-hydrogen) atoms. The van der Waals surface area contributed by atoms with Crippen molar-refractivity contribution in [1.29, 1.82) is 0 Å². The first-order valence-electron chi connectivity index (χ1n) is 4.96. The first kappa shape index (κ1) is 7.39. The Bertz CT molecular complexity index is 176. The van der Waals surface area contributed by atoms with Crippen LogP contribution in [0.5, 0.6) is 0 Å². The molecule has 2 unspecified atom stereocenters. The molecule has 0 aromatic heterocycles. The Balaban J connectivity index is 2.07. The molecular weight excluding hydrogens is 132 g/mol. The summed E-state index contributed by atoms with van der Waals surface area (Å²) in [7, 11) is 0. The van der Waals surface area contributed by atoms with Gasteiger partial charge in [-0.3, -0.25) is 0 Å². The van der Waals surface area contributed by atoms with E-state index < -0.39 is 0 Å². The van der Waals surface area contributed by atoms with E-state index in [-0.39, 0.29) is 0 Å². The summed E-state index contributed by atoms with van der Waals surface area (Å²) in [5, 5.41) is 0. The van der Waals surface area contributed by atoms with Crippen LogP contribution in [-0.2, 0) is 0 Å². The second-order valence-electron chi connectivity index (χ2n) is 4.57. The van der Waals surface area contributed by atoms with Crippen molar-refractivity contribution in [1.82, 2.24) is 0 Å². The van der Waals surface area contributed by atoms with Crippen molar-refractivity contribution in [2.75, 3.05) is 0 Å². The van der Waals surface area contributed by atoms with E-state index in [4.69, 9.17) is 0 Å². The Morgan fingerprint density at radius 2 is 2.18 bits per heavy atom. The molecule has 0 radical (unpaired) electrons. The Hall–Kier alpha value is -0.260. The molecule has 0 heterocycles. The van der Waals surface area contributed by atoms with Crippen LogP contribution in [0.2, 0.25) is 0 Å². The van der Waals surface area contributed by atoms with Gasteiger partial charge in [-0.1, -0.05) is 25.5 Å². The molecule has 2 aliphatic rings. The van der Waals surface area contributed by atoms with Gasteiger partial charge in [-0.05, 0) is 43.4 Å². The molecule has 0 saturated heterocycles. The number of allylic oxidation sites excluding steroid dienone is 2. The Morgan fingerprint density at radius 3 is 2.64 bits per heavy atom. The quantitative estimate of drug-likeness (QED) is 0.503. The van der Waals surface area contributed by atoms with Gasteiger partial charge in [0.05, 0.1) is 0 Å². The second-order valence-corrected chi connectivity index (χ2v) is 4.57. The lowest BCUT2D eigenvalue weighted by Crippen LogP contribution is -1.99. The summed E-state index contributed by atoms with van der Waals surface area (Å²) in [5.74, 6) is 2.84. The van der Waals surface area contributed by atoms with Gasteiger partial charge < -0.3 is 0 Å². The van der Waals surface area contributed by atoms with E-state index in [9.17, 15) is 0 Å². The molecule has 2 fully saturated rings. The maximum absolute atomic E-state index is 2.50. The van der Waals surface area contributed by atoms with Crippen LogP contribution in [0, 0.1) is 17.8 Å². The fourth-order valence-electron chi connectivity index (χ4n) is 2.73.